The topological polar surface area (TPSA) is 34.1 Å². The highest BCUT2D eigenvalue weighted by Crippen LogP contribution is 2.23. The van der Waals surface area contributed by atoms with Crippen LogP contribution in [0.2, 0.25) is 5.02 Å². The third kappa shape index (κ3) is 3.37. The van der Waals surface area contributed by atoms with Crippen LogP contribution in [-0.2, 0) is 6.54 Å². The standard InChI is InChI=1S/C13H12BrClN2O/c1-18-13-5-3-10(8-17-13)16-7-9-2-4-12(15)11(14)6-9/h2-6,8,16H,7H2,1H3. The quantitative estimate of drug-likeness (QED) is 0.917. The van der Waals surface area contributed by atoms with Crippen molar-refractivity contribution in [2.75, 3.05) is 12.4 Å². The normalized spacial score (nSPS) is 10.2. The first kappa shape index (κ1) is 13.2. The van der Waals surface area contributed by atoms with Crippen LogP contribution in [0.25, 0.3) is 0 Å². The van der Waals surface area contributed by atoms with Crippen LogP contribution in [0.3, 0.4) is 0 Å². The van der Waals surface area contributed by atoms with Gasteiger partial charge in [0.1, 0.15) is 0 Å². The number of nitrogens with zero attached hydrogens (tertiary/aromatic N) is 1. The molecular formula is C13H12BrClN2O. The Kier molecular flexibility index (Phi) is 4.44. The predicted octanol–water partition coefficient (Wildman–Crippen LogP) is 4.12. The van der Waals surface area contributed by atoms with Crippen molar-refractivity contribution in [1.82, 2.24) is 4.98 Å². The van der Waals surface area contributed by atoms with E-state index < -0.39 is 0 Å². The Morgan fingerprint density at radius 2 is 2.17 bits per heavy atom. The second-order valence-corrected chi connectivity index (χ2v) is 4.95. The maximum absolute atomic E-state index is 5.94. The monoisotopic (exact) mass is 326 g/mol. The summed E-state index contributed by atoms with van der Waals surface area (Å²) in [5, 5.41) is 3.99. The largest absolute Gasteiger partial charge is 0.481 e. The molecule has 0 aliphatic rings. The minimum absolute atomic E-state index is 0.606. The number of hydrogen-bond acceptors (Lipinski definition) is 3. The number of nitrogens with one attached hydrogen (secondary N) is 1. The summed E-state index contributed by atoms with van der Waals surface area (Å²) in [5.74, 6) is 0.606. The first-order valence-corrected chi connectivity index (χ1v) is 6.54. The lowest BCUT2D eigenvalue weighted by atomic mass is 10.2. The fourth-order valence-corrected chi connectivity index (χ4v) is 2.00. The van der Waals surface area contributed by atoms with Gasteiger partial charge in [0.2, 0.25) is 5.88 Å². The maximum atomic E-state index is 5.94. The highest BCUT2D eigenvalue weighted by atomic mass is 79.9. The molecule has 0 saturated carbocycles. The molecule has 2 aromatic rings. The zero-order valence-electron chi connectivity index (χ0n) is 9.78. The van der Waals surface area contributed by atoms with Gasteiger partial charge in [0, 0.05) is 17.1 Å². The lowest BCUT2D eigenvalue weighted by Crippen LogP contribution is -2.00. The van der Waals surface area contributed by atoms with E-state index in [-0.39, 0.29) is 0 Å². The molecule has 1 aromatic carbocycles. The van der Waals surface area contributed by atoms with E-state index in [2.05, 4.69) is 26.2 Å². The van der Waals surface area contributed by atoms with Gasteiger partial charge in [-0.3, -0.25) is 0 Å². The Bertz CT molecular complexity index is 531. The van der Waals surface area contributed by atoms with Crippen molar-refractivity contribution in [2.24, 2.45) is 0 Å². The van der Waals surface area contributed by atoms with Gasteiger partial charge in [0.05, 0.1) is 24.0 Å². The van der Waals surface area contributed by atoms with Crippen LogP contribution >= 0.6 is 27.5 Å². The van der Waals surface area contributed by atoms with Gasteiger partial charge in [-0.25, -0.2) is 4.98 Å². The maximum Gasteiger partial charge on any atom is 0.213 e. The molecule has 5 heteroatoms. The molecule has 0 spiro atoms. The minimum Gasteiger partial charge on any atom is -0.481 e. The molecular weight excluding hydrogens is 316 g/mol. The van der Waals surface area contributed by atoms with Gasteiger partial charge in [-0.1, -0.05) is 17.7 Å². The molecule has 0 amide bonds. The summed E-state index contributed by atoms with van der Waals surface area (Å²) in [6.07, 6.45) is 1.74. The van der Waals surface area contributed by atoms with Gasteiger partial charge in [-0.2, -0.15) is 0 Å². The van der Waals surface area contributed by atoms with Crippen molar-refractivity contribution in [3.05, 3.63) is 51.6 Å². The molecule has 0 aliphatic carbocycles. The lowest BCUT2D eigenvalue weighted by molar-refractivity contribution is 0.398. The molecule has 0 atom stereocenters. The summed E-state index contributed by atoms with van der Waals surface area (Å²) in [6.45, 7) is 0.712. The highest BCUT2D eigenvalue weighted by Gasteiger charge is 2.00. The molecule has 1 N–H and O–H groups in total. The van der Waals surface area contributed by atoms with Crippen molar-refractivity contribution in [1.29, 1.82) is 0 Å². The number of anilines is 1. The summed E-state index contributed by atoms with van der Waals surface area (Å²) in [5.41, 5.74) is 2.09. The van der Waals surface area contributed by atoms with Crippen LogP contribution in [0, 0.1) is 0 Å². The number of rotatable bonds is 4. The molecule has 0 radical (unpaired) electrons. The van der Waals surface area contributed by atoms with E-state index in [0.717, 1.165) is 15.7 Å². The van der Waals surface area contributed by atoms with Gasteiger partial charge >= 0.3 is 0 Å². The average Bonchev–Trinajstić information content (AvgIpc) is 2.41. The van der Waals surface area contributed by atoms with Crippen molar-refractivity contribution in [3.8, 4) is 5.88 Å². The molecule has 3 nitrogen and oxygen atoms in total. The van der Waals surface area contributed by atoms with Gasteiger partial charge in [0.25, 0.3) is 0 Å². The average molecular weight is 328 g/mol. The van der Waals surface area contributed by atoms with Crippen LogP contribution < -0.4 is 10.1 Å². The Morgan fingerprint density at radius 3 is 2.78 bits per heavy atom. The Morgan fingerprint density at radius 1 is 1.33 bits per heavy atom. The van der Waals surface area contributed by atoms with Gasteiger partial charge < -0.3 is 10.1 Å². The number of hydrogen-bond donors (Lipinski definition) is 1. The molecule has 0 aliphatic heterocycles. The molecule has 0 bridgehead atoms. The summed E-state index contributed by atoms with van der Waals surface area (Å²) in [4.78, 5) is 4.13. The van der Waals surface area contributed by atoms with Gasteiger partial charge in [0.15, 0.2) is 0 Å². The van der Waals surface area contributed by atoms with E-state index in [9.17, 15) is 0 Å². The van der Waals surface area contributed by atoms with Crippen molar-refractivity contribution < 1.29 is 4.74 Å². The van der Waals surface area contributed by atoms with Gasteiger partial charge in [-0.05, 0) is 39.7 Å². The summed E-state index contributed by atoms with van der Waals surface area (Å²) >= 11 is 9.34. The van der Waals surface area contributed by atoms with Crippen molar-refractivity contribution in [2.45, 2.75) is 6.54 Å². The van der Waals surface area contributed by atoms with Crippen LogP contribution in [-0.4, -0.2) is 12.1 Å². The second-order valence-electron chi connectivity index (χ2n) is 3.69. The van der Waals surface area contributed by atoms with Crippen LogP contribution in [0.4, 0.5) is 5.69 Å². The number of halogens is 2. The van der Waals surface area contributed by atoms with Crippen LogP contribution in [0.1, 0.15) is 5.56 Å². The Hall–Kier alpha value is -1.26. The van der Waals surface area contributed by atoms with E-state index in [4.69, 9.17) is 16.3 Å². The molecule has 18 heavy (non-hydrogen) atoms. The number of ether oxygens (including phenoxy) is 1. The van der Waals surface area contributed by atoms with E-state index in [1.54, 1.807) is 13.3 Å². The zero-order valence-corrected chi connectivity index (χ0v) is 12.1. The molecule has 0 unspecified atom stereocenters. The Balaban J connectivity index is 1.99. The van der Waals surface area contributed by atoms with Crippen LogP contribution in [0.5, 0.6) is 5.88 Å². The van der Waals surface area contributed by atoms with Gasteiger partial charge in [-0.15, -0.1) is 0 Å². The summed E-state index contributed by atoms with van der Waals surface area (Å²) in [6, 6.07) is 9.59. The van der Waals surface area contributed by atoms with Crippen LogP contribution in [0.15, 0.2) is 41.0 Å². The Labute approximate surface area is 119 Å². The smallest absolute Gasteiger partial charge is 0.213 e. The van der Waals surface area contributed by atoms with E-state index in [0.29, 0.717) is 17.4 Å². The first-order chi connectivity index (χ1) is 8.69. The highest BCUT2D eigenvalue weighted by molar-refractivity contribution is 9.10. The molecule has 0 saturated heterocycles. The fraction of sp³-hybridized carbons (Fsp3) is 0.154. The molecule has 1 aromatic heterocycles. The summed E-state index contributed by atoms with van der Waals surface area (Å²) in [7, 11) is 1.60. The molecule has 94 valence electrons. The van der Waals surface area contributed by atoms with Crippen molar-refractivity contribution in [3.63, 3.8) is 0 Å². The number of aromatic nitrogens is 1. The zero-order chi connectivity index (χ0) is 13.0. The van der Waals surface area contributed by atoms with E-state index in [1.807, 2.05) is 30.3 Å². The van der Waals surface area contributed by atoms with E-state index in [1.165, 1.54) is 0 Å². The molecule has 1 heterocycles. The number of benzene rings is 1. The van der Waals surface area contributed by atoms with Crippen molar-refractivity contribution >= 4 is 33.2 Å². The minimum atomic E-state index is 0.606. The third-order valence-electron chi connectivity index (χ3n) is 2.43. The third-order valence-corrected chi connectivity index (χ3v) is 3.64. The second kappa shape index (κ2) is 6.07. The number of pyridine rings is 1. The summed E-state index contributed by atoms with van der Waals surface area (Å²) < 4.78 is 5.90. The number of methoxy groups -OCH3 is 1. The SMILES string of the molecule is COc1ccc(NCc2ccc(Cl)c(Br)c2)cn1. The fourth-order valence-electron chi connectivity index (χ4n) is 1.46. The first-order valence-electron chi connectivity index (χ1n) is 5.37. The lowest BCUT2D eigenvalue weighted by Gasteiger charge is -2.07. The predicted molar refractivity (Wildman–Crippen MR) is 77.3 cm³/mol. The molecule has 2 rings (SSSR count). The van der Waals surface area contributed by atoms with E-state index >= 15 is 0 Å². The molecule has 0 fully saturated rings.